The van der Waals surface area contributed by atoms with Crippen LogP contribution in [-0.4, -0.2) is 20.1 Å². The second-order valence-electron chi connectivity index (χ2n) is 4.47. The number of aliphatic hydroxyl groups is 1. The van der Waals surface area contributed by atoms with Crippen LogP contribution in [0.3, 0.4) is 0 Å². The molecule has 2 aromatic heterocycles. The van der Waals surface area contributed by atoms with E-state index in [2.05, 4.69) is 15.0 Å². The lowest BCUT2D eigenvalue weighted by Gasteiger charge is -2.13. The molecule has 0 saturated carbocycles. The molecule has 1 N–H and O–H groups in total. The Morgan fingerprint density at radius 2 is 1.95 bits per heavy atom. The summed E-state index contributed by atoms with van der Waals surface area (Å²) in [6, 6.07) is 7.54. The van der Waals surface area contributed by atoms with E-state index in [0.29, 0.717) is 0 Å². The average Bonchev–Trinajstić information content (AvgIpc) is 2.46. The zero-order chi connectivity index (χ0) is 13.2. The van der Waals surface area contributed by atoms with Gasteiger partial charge in [0.15, 0.2) is 0 Å². The minimum Gasteiger partial charge on any atom is -0.384 e. The summed E-state index contributed by atoms with van der Waals surface area (Å²) in [7, 11) is 0. The van der Waals surface area contributed by atoms with E-state index < -0.39 is 6.10 Å². The number of aryl methyl sites for hydroxylation is 1. The molecule has 0 fully saturated rings. The maximum absolute atomic E-state index is 10.5. The van der Waals surface area contributed by atoms with Gasteiger partial charge in [-0.05, 0) is 18.6 Å². The fraction of sp³-hybridized carbons (Fsp3) is 0.133. The van der Waals surface area contributed by atoms with Crippen LogP contribution in [0.5, 0.6) is 0 Å². The lowest BCUT2D eigenvalue weighted by molar-refractivity contribution is 0.221. The highest BCUT2D eigenvalue weighted by molar-refractivity contribution is 5.78. The summed E-state index contributed by atoms with van der Waals surface area (Å²) in [4.78, 5) is 12.7. The Kier molecular flexibility index (Phi) is 2.93. The monoisotopic (exact) mass is 251 g/mol. The van der Waals surface area contributed by atoms with Crippen LogP contribution in [-0.2, 0) is 0 Å². The van der Waals surface area contributed by atoms with Gasteiger partial charge in [-0.3, -0.25) is 15.0 Å². The first kappa shape index (κ1) is 11.7. The van der Waals surface area contributed by atoms with Crippen LogP contribution in [0, 0.1) is 6.92 Å². The molecule has 19 heavy (non-hydrogen) atoms. The maximum Gasteiger partial charge on any atom is 0.108 e. The second-order valence-corrected chi connectivity index (χ2v) is 4.47. The molecule has 0 aliphatic carbocycles. The number of fused-ring (bicyclic) bond motifs is 1. The van der Waals surface area contributed by atoms with Crippen molar-refractivity contribution in [1.82, 2.24) is 15.0 Å². The minimum absolute atomic E-state index is 0.721. The normalized spacial score (nSPS) is 12.5. The molecule has 2 heterocycles. The maximum atomic E-state index is 10.5. The average molecular weight is 251 g/mol. The first-order chi connectivity index (χ1) is 9.25. The van der Waals surface area contributed by atoms with Gasteiger partial charge in [-0.15, -0.1) is 0 Å². The second kappa shape index (κ2) is 4.74. The van der Waals surface area contributed by atoms with Gasteiger partial charge in [-0.25, -0.2) is 0 Å². The van der Waals surface area contributed by atoms with Crippen LogP contribution in [0.1, 0.15) is 22.8 Å². The number of nitrogens with zero attached hydrogens (tertiary/aromatic N) is 3. The van der Waals surface area contributed by atoms with E-state index in [1.54, 1.807) is 24.8 Å². The third-order valence-electron chi connectivity index (χ3n) is 3.04. The van der Waals surface area contributed by atoms with Gasteiger partial charge in [0.25, 0.3) is 0 Å². The smallest absolute Gasteiger partial charge is 0.108 e. The topological polar surface area (TPSA) is 58.9 Å². The number of benzene rings is 1. The Morgan fingerprint density at radius 3 is 2.79 bits per heavy atom. The highest BCUT2D eigenvalue weighted by Gasteiger charge is 2.15. The van der Waals surface area contributed by atoms with Crippen LogP contribution in [0.2, 0.25) is 0 Å². The molecule has 1 atom stereocenters. The summed E-state index contributed by atoms with van der Waals surface area (Å²) in [5.41, 5.74) is 4.03. The largest absolute Gasteiger partial charge is 0.384 e. The summed E-state index contributed by atoms with van der Waals surface area (Å²) in [5.74, 6) is 0. The minimum atomic E-state index is -0.743. The van der Waals surface area contributed by atoms with Crippen molar-refractivity contribution in [2.24, 2.45) is 0 Å². The Morgan fingerprint density at radius 1 is 1.11 bits per heavy atom. The van der Waals surface area contributed by atoms with E-state index in [0.717, 1.165) is 27.7 Å². The highest BCUT2D eigenvalue weighted by Crippen LogP contribution is 2.26. The third-order valence-corrected chi connectivity index (χ3v) is 3.04. The number of para-hydroxylation sites is 1. The molecule has 4 heteroatoms. The van der Waals surface area contributed by atoms with Crippen molar-refractivity contribution < 1.29 is 5.11 Å². The van der Waals surface area contributed by atoms with Crippen LogP contribution in [0.15, 0.2) is 49.1 Å². The number of rotatable bonds is 2. The zero-order valence-corrected chi connectivity index (χ0v) is 10.5. The van der Waals surface area contributed by atoms with Gasteiger partial charge in [0, 0.05) is 35.9 Å². The summed E-state index contributed by atoms with van der Waals surface area (Å²) >= 11 is 0. The van der Waals surface area contributed by atoms with Crippen LogP contribution in [0.4, 0.5) is 0 Å². The van der Waals surface area contributed by atoms with Crippen molar-refractivity contribution >= 4 is 11.0 Å². The van der Waals surface area contributed by atoms with E-state index in [1.807, 2.05) is 31.2 Å². The van der Waals surface area contributed by atoms with Crippen molar-refractivity contribution in [2.45, 2.75) is 13.0 Å². The van der Waals surface area contributed by atoms with Gasteiger partial charge < -0.3 is 5.11 Å². The number of aromatic nitrogens is 3. The molecule has 1 aromatic carbocycles. The summed E-state index contributed by atoms with van der Waals surface area (Å²) in [5, 5.41) is 10.5. The van der Waals surface area contributed by atoms with Crippen molar-refractivity contribution in [2.75, 3.05) is 0 Å². The summed E-state index contributed by atoms with van der Waals surface area (Å²) in [6.07, 6.45) is 5.97. The first-order valence-corrected chi connectivity index (χ1v) is 6.05. The number of hydrogen-bond donors (Lipinski definition) is 1. The SMILES string of the molecule is Cc1cncc(C(O)c2cccc3nccnc23)c1. The molecule has 0 aliphatic rings. The van der Waals surface area contributed by atoms with Gasteiger partial charge in [0.1, 0.15) is 6.10 Å². The molecule has 0 amide bonds. The van der Waals surface area contributed by atoms with Gasteiger partial charge in [0.05, 0.1) is 11.0 Å². The molecule has 3 rings (SSSR count). The van der Waals surface area contributed by atoms with Crippen LogP contribution >= 0.6 is 0 Å². The molecule has 0 aliphatic heterocycles. The van der Waals surface area contributed by atoms with Gasteiger partial charge in [-0.1, -0.05) is 18.2 Å². The van der Waals surface area contributed by atoms with Gasteiger partial charge >= 0.3 is 0 Å². The zero-order valence-electron chi connectivity index (χ0n) is 10.5. The summed E-state index contributed by atoms with van der Waals surface area (Å²) in [6.45, 7) is 1.95. The number of hydrogen-bond acceptors (Lipinski definition) is 4. The van der Waals surface area contributed by atoms with Gasteiger partial charge in [-0.2, -0.15) is 0 Å². The Hall–Kier alpha value is -2.33. The standard InChI is InChI=1S/C15H13N3O/c1-10-7-11(9-16-8-10)15(19)12-3-2-4-13-14(12)18-6-5-17-13/h2-9,15,19H,1H3. The van der Waals surface area contributed by atoms with Crippen molar-refractivity contribution in [3.63, 3.8) is 0 Å². The van der Waals surface area contributed by atoms with Crippen LogP contribution < -0.4 is 0 Å². The summed E-state index contributed by atoms with van der Waals surface area (Å²) < 4.78 is 0. The molecule has 3 aromatic rings. The lowest BCUT2D eigenvalue weighted by atomic mass is 10.0. The molecular weight excluding hydrogens is 238 g/mol. The molecule has 4 nitrogen and oxygen atoms in total. The van der Waals surface area contributed by atoms with Crippen molar-refractivity contribution in [3.8, 4) is 0 Å². The van der Waals surface area contributed by atoms with E-state index >= 15 is 0 Å². The predicted molar refractivity (Wildman–Crippen MR) is 72.6 cm³/mol. The molecule has 0 spiro atoms. The predicted octanol–water partition coefficient (Wildman–Crippen LogP) is 2.41. The highest BCUT2D eigenvalue weighted by atomic mass is 16.3. The molecule has 0 radical (unpaired) electrons. The van der Waals surface area contributed by atoms with E-state index in [-0.39, 0.29) is 0 Å². The van der Waals surface area contributed by atoms with E-state index in [1.165, 1.54) is 0 Å². The Balaban J connectivity index is 2.14. The lowest BCUT2D eigenvalue weighted by Crippen LogP contribution is -2.02. The van der Waals surface area contributed by atoms with Crippen molar-refractivity contribution in [3.05, 3.63) is 65.7 Å². The Bertz CT molecular complexity index is 722. The fourth-order valence-electron chi connectivity index (χ4n) is 2.14. The van der Waals surface area contributed by atoms with Crippen molar-refractivity contribution in [1.29, 1.82) is 0 Å². The van der Waals surface area contributed by atoms with Gasteiger partial charge in [0.2, 0.25) is 0 Å². The Labute approximate surface area is 110 Å². The van der Waals surface area contributed by atoms with Crippen LogP contribution in [0.25, 0.3) is 11.0 Å². The first-order valence-electron chi connectivity index (χ1n) is 6.05. The van der Waals surface area contributed by atoms with E-state index in [4.69, 9.17) is 0 Å². The third kappa shape index (κ3) is 2.18. The fourth-order valence-corrected chi connectivity index (χ4v) is 2.14. The molecule has 0 saturated heterocycles. The molecule has 1 unspecified atom stereocenters. The number of pyridine rings is 1. The molecule has 94 valence electrons. The molecular formula is C15H13N3O. The molecule has 0 bridgehead atoms. The number of aliphatic hydroxyl groups excluding tert-OH is 1. The van der Waals surface area contributed by atoms with E-state index in [9.17, 15) is 5.11 Å². The quantitative estimate of drug-likeness (QED) is 0.760.